The van der Waals surface area contributed by atoms with Crippen molar-refractivity contribution in [2.75, 3.05) is 14.2 Å². The van der Waals surface area contributed by atoms with E-state index in [1.54, 1.807) is 7.11 Å². The van der Waals surface area contributed by atoms with Gasteiger partial charge in [-0.05, 0) is 35.2 Å². The van der Waals surface area contributed by atoms with Crippen molar-refractivity contribution >= 4 is 32.2 Å². The number of hydrogen-bond acceptors (Lipinski definition) is 2. The highest BCUT2D eigenvalue weighted by Gasteiger charge is 2.32. The molecule has 0 saturated carbocycles. The molecule has 0 heterocycles. The van der Waals surface area contributed by atoms with Crippen LogP contribution in [0.1, 0.15) is 0 Å². The molecule has 3 aromatic rings. The van der Waals surface area contributed by atoms with Crippen molar-refractivity contribution < 1.29 is 8.85 Å². The predicted molar refractivity (Wildman–Crippen MR) is 121 cm³/mol. The smallest absolute Gasteiger partial charge is 0.252 e. The van der Waals surface area contributed by atoms with Gasteiger partial charge in [0.2, 0.25) is 8.32 Å². The average Bonchev–Trinajstić information content (AvgIpc) is 2.75. The van der Waals surface area contributed by atoms with Gasteiger partial charge in [0, 0.05) is 14.2 Å². The fraction of sp³-hybridized carbons (Fsp3) is 0.217. The fourth-order valence-electron chi connectivity index (χ4n) is 2.87. The molecule has 3 rings (SSSR count). The van der Waals surface area contributed by atoms with E-state index in [1.807, 2.05) is 25.3 Å². The van der Waals surface area contributed by atoms with E-state index in [0.717, 1.165) is 0 Å². The van der Waals surface area contributed by atoms with E-state index in [2.05, 4.69) is 92.4 Å². The second-order valence-corrected chi connectivity index (χ2v) is 14.7. The van der Waals surface area contributed by atoms with Crippen LogP contribution in [0.3, 0.4) is 0 Å². The Balaban J connectivity index is 0.000000208. The summed E-state index contributed by atoms with van der Waals surface area (Å²) in [5.41, 5.74) is 0. The highest BCUT2D eigenvalue weighted by Crippen LogP contribution is 2.05. The second kappa shape index (κ2) is 9.81. The molecule has 0 aliphatic heterocycles. The summed E-state index contributed by atoms with van der Waals surface area (Å²) >= 11 is 0. The standard InChI is InChI=1S/C14H16OSi.C9H14OSi/c1-15-16(2,13-9-5-3-6-10-13)14-11-7-4-8-12-14;1-10-11(2,3)9-7-5-4-6-8-9/h3-12H,1-2H3;4-8H,1-3H3. The summed E-state index contributed by atoms with van der Waals surface area (Å²) in [6, 6.07) is 31.4. The van der Waals surface area contributed by atoms with Gasteiger partial charge in [0.1, 0.15) is 0 Å². The average molecular weight is 395 g/mol. The van der Waals surface area contributed by atoms with Gasteiger partial charge in [0.05, 0.1) is 0 Å². The number of rotatable bonds is 5. The minimum absolute atomic E-state index is 1.31. The topological polar surface area (TPSA) is 18.5 Å². The predicted octanol–water partition coefficient (Wildman–Crippen LogP) is 3.77. The summed E-state index contributed by atoms with van der Waals surface area (Å²) < 4.78 is 11.3. The van der Waals surface area contributed by atoms with Crippen molar-refractivity contribution in [2.24, 2.45) is 0 Å². The Hall–Kier alpha value is -1.99. The molecule has 0 radical (unpaired) electrons. The molecule has 0 fully saturated rings. The van der Waals surface area contributed by atoms with Crippen LogP contribution in [0.5, 0.6) is 0 Å². The van der Waals surface area contributed by atoms with Crippen LogP contribution in [0.25, 0.3) is 0 Å². The summed E-state index contributed by atoms with van der Waals surface area (Å²) in [7, 11) is 0.0737. The van der Waals surface area contributed by atoms with E-state index in [1.165, 1.54) is 15.6 Å². The fourth-order valence-corrected chi connectivity index (χ4v) is 6.56. The van der Waals surface area contributed by atoms with Crippen LogP contribution in [0, 0.1) is 0 Å². The van der Waals surface area contributed by atoms with Crippen molar-refractivity contribution in [3.05, 3.63) is 91.0 Å². The van der Waals surface area contributed by atoms with Gasteiger partial charge in [-0.15, -0.1) is 0 Å². The van der Waals surface area contributed by atoms with Crippen molar-refractivity contribution in [2.45, 2.75) is 19.6 Å². The molecule has 0 aromatic heterocycles. The lowest BCUT2D eigenvalue weighted by Gasteiger charge is -2.26. The highest BCUT2D eigenvalue weighted by atomic mass is 28.4. The van der Waals surface area contributed by atoms with Gasteiger partial charge in [-0.3, -0.25) is 0 Å². The molecule has 0 atom stereocenters. The monoisotopic (exact) mass is 394 g/mol. The maximum Gasteiger partial charge on any atom is 0.252 e. The molecular formula is C23H30O2Si2. The summed E-state index contributed by atoms with van der Waals surface area (Å²) in [4.78, 5) is 0. The van der Waals surface area contributed by atoms with Gasteiger partial charge in [0.15, 0.2) is 0 Å². The van der Waals surface area contributed by atoms with Crippen LogP contribution in [-0.4, -0.2) is 30.9 Å². The zero-order valence-electron chi connectivity index (χ0n) is 17.0. The van der Waals surface area contributed by atoms with Crippen molar-refractivity contribution in [3.63, 3.8) is 0 Å². The maximum absolute atomic E-state index is 5.85. The molecule has 3 aromatic carbocycles. The normalized spacial score (nSPS) is 11.4. The molecule has 142 valence electrons. The zero-order valence-corrected chi connectivity index (χ0v) is 19.0. The van der Waals surface area contributed by atoms with Crippen molar-refractivity contribution in [3.8, 4) is 0 Å². The molecule has 0 bridgehead atoms. The van der Waals surface area contributed by atoms with Crippen LogP contribution >= 0.6 is 0 Å². The minimum atomic E-state index is -1.98. The third-order valence-corrected chi connectivity index (χ3v) is 11.5. The van der Waals surface area contributed by atoms with Crippen LogP contribution < -0.4 is 15.6 Å². The first-order valence-electron chi connectivity index (χ1n) is 9.21. The third kappa shape index (κ3) is 5.50. The van der Waals surface area contributed by atoms with Crippen LogP contribution in [0.15, 0.2) is 91.0 Å². The first-order valence-corrected chi connectivity index (χ1v) is 14.5. The molecule has 27 heavy (non-hydrogen) atoms. The van der Waals surface area contributed by atoms with Gasteiger partial charge in [-0.2, -0.15) is 0 Å². The SMILES string of the molecule is CO[Si](C)(C)c1ccccc1.CO[Si](C)(c1ccccc1)c1ccccc1. The Morgan fingerprint density at radius 3 is 1.11 bits per heavy atom. The molecule has 0 amide bonds. The molecule has 4 heteroatoms. The Bertz CT molecular complexity index is 751. The Morgan fingerprint density at radius 1 is 0.481 bits per heavy atom. The van der Waals surface area contributed by atoms with Gasteiger partial charge in [-0.25, -0.2) is 0 Å². The number of hydrogen-bond donors (Lipinski definition) is 0. The van der Waals surface area contributed by atoms with Crippen LogP contribution in [-0.2, 0) is 8.85 Å². The molecule has 0 saturated heterocycles. The second-order valence-electron chi connectivity index (χ2n) is 7.05. The first-order chi connectivity index (χ1) is 12.9. The molecular weight excluding hydrogens is 364 g/mol. The van der Waals surface area contributed by atoms with Gasteiger partial charge >= 0.3 is 0 Å². The summed E-state index contributed by atoms with van der Waals surface area (Å²) in [5.74, 6) is 0. The lowest BCUT2D eigenvalue weighted by Crippen LogP contribution is -2.57. The van der Waals surface area contributed by atoms with E-state index in [0.29, 0.717) is 0 Å². The molecule has 2 nitrogen and oxygen atoms in total. The van der Waals surface area contributed by atoms with E-state index in [9.17, 15) is 0 Å². The zero-order chi connectivity index (χ0) is 19.8. The van der Waals surface area contributed by atoms with Crippen molar-refractivity contribution in [1.29, 1.82) is 0 Å². The van der Waals surface area contributed by atoms with E-state index < -0.39 is 16.6 Å². The third-order valence-electron chi connectivity index (χ3n) is 5.04. The van der Waals surface area contributed by atoms with E-state index >= 15 is 0 Å². The minimum Gasteiger partial charge on any atom is -0.416 e. The largest absolute Gasteiger partial charge is 0.416 e. The Morgan fingerprint density at radius 2 is 0.815 bits per heavy atom. The molecule has 0 aliphatic carbocycles. The molecule has 0 unspecified atom stereocenters. The first kappa shape index (κ1) is 21.3. The molecule has 0 aliphatic rings. The Labute approximate surface area is 166 Å². The van der Waals surface area contributed by atoms with Gasteiger partial charge in [0.25, 0.3) is 8.32 Å². The highest BCUT2D eigenvalue weighted by molar-refractivity contribution is 6.96. The summed E-state index contributed by atoms with van der Waals surface area (Å²) in [5, 5.41) is 3.97. The van der Waals surface area contributed by atoms with Crippen LogP contribution in [0.2, 0.25) is 19.6 Å². The van der Waals surface area contributed by atoms with E-state index in [4.69, 9.17) is 8.85 Å². The molecule has 0 spiro atoms. The van der Waals surface area contributed by atoms with Gasteiger partial charge in [-0.1, -0.05) is 91.0 Å². The van der Waals surface area contributed by atoms with E-state index in [-0.39, 0.29) is 0 Å². The maximum atomic E-state index is 5.85. The quantitative estimate of drug-likeness (QED) is 0.613. The Kier molecular flexibility index (Phi) is 7.74. The summed E-state index contributed by atoms with van der Waals surface area (Å²) in [6.07, 6.45) is 0. The lowest BCUT2D eigenvalue weighted by molar-refractivity contribution is 0.416. The summed E-state index contributed by atoms with van der Waals surface area (Å²) in [6.45, 7) is 6.63. The number of benzene rings is 3. The lowest BCUT2D eigenvalue weighted by atomic mass is 10.4. The van der Waals surface area contributed by atoms with Crippen molar-refractivity contribution in [1.82, 2.24) is 0 Å². The molecule has 0 N–H and O–H groups in total. The van der Waals surface area contributed by atoms with Crippen LogP contribution in [0.4, 0.5) is 0 Å². The van der Waals surface area contributed by atoms with Gasteiger partial charge < -0.3 is 8.85 Å².